The predicted molar refractivity (Wildman–Crippen MR) is 86.9 cm³/mol. The molecule has 0 spiro atoms. The van der Waals surface area contributed by atoms with Crippen LogP contribution < -0.4 is 5.73 Å². The van der Waals surface area contributed by atoms with Crippen LogP contribution >= 0.6 is 24.0 Å². The van der Waals surface area contributed by atoms with Crippen molar-refractivity contribution in [2.24, 2.45) is 5.73 Å². The zero-order valence-corrected chi connectivity index (χ0v) is 13.2. The van der Waals surface area contributed by atoms with E-state index in [-0.39, 0.29) is 11.9 Å². The van der Waals surface area contributed by atoms with Gasteiger partial charge in [0.2, 0.25) is 0 Å². The van der Waals surface area contributed by atoms with Crippen LogP contribution in [0.2, 0.25) is 0 Å². The van der Waals surface area contributed by atoms with Gasteiger partial charge in [0, 0.05) is 24.2 Å². The van der Waals surface area contributed by atoms with Crippen molar-refractivity contribution in [3.05, 3.63) is 35.4 Å². The summed E-state index contributed by atoms with van der Waals surface area (Å²) in [5, 5.41) is 0. The first-order valence-electron chi connectivity index (χ1n) is 6.13. The minimum Gasteiger partial charge on any atom is -0.389 e. The van der Waals surface area contributed by atoms with Gasteiger partial charge in [-0.2, -0.15) is 11.8 Å². The Balaban J connectivity index is 2.73. The van der Waals surface area contributed by atoms with Crippen LogP contribution in [0, 0.1) is 0 Å². The highest BCUT2D eigenvalue weighted by atomic mass is 32.2. The van der Waals surface area contributed by atoms with Crippen molar-refractivity contribution >= 4 is 34.9 Å². The second kappa shape index (κ2) is 7.50. The standard InChI is InChI=1S/C14H20N2OS2/c1-10(8-9-19-3)16(2)14(17)12-6-4-11(5-7-12)13(15)18/h4-7,10H,8-9H2,1-3H3,(H2,15,18). The van der Waals surface area contributed by atoms with Crippen LogP contribution in [-0.4, -0.2) is 40.9 Å². The number of nitrogens with zero attached hydrogens (tertiary/aromatic N) is 1. The van der Waals surface area contributed by atoms with Crippen molar-refractivity contribution in [1.29, 1.82) is 0 Å². The molecule has 0 aliphatic rings. The number of nitrogens with two attached hydrogens (primary N) is 1. The highest BCUT2D eigenvalue weighted by molar-refractivity contribution is 7.98. The van der Waals surface area contributed by atoms with E-state index in [0.29, 0.717) is 10.6 Å². The summed E-state index contributed by atoms with van der Waals surface area (Å²) in [5.41, 5.74) is 6.98. The van der Waals surface area contributed by atoms with E-state index in [1.165, 1.54) is 0 Å². The Morgan fingerprint density at radius 3 is 2.37 bits per heavy atom. The summed E-state index contributed by atoms with van der Waals surface area (Å²) in [6, 6.07) is 7.35. The van der Waals surface area contributed by atoms with Gasteiger partial charge in [-0.3, -0.25) is 4.79 Å². The van der Waals surface area contributed by atoms with Crippen LogP contribution in [0.15, 0.2) is 24.3 Å². The summed E-state index contributed by atoms with van der Waals surface area (Å²) < 4.78 is 0. The van der Waals surface area contributed by atoms with Crippen LogP contribution in [-0.2, 0) is 0 Å². The van der Waals surface area contributed by atoms with E-state index >= 15 is 0 Å². The van der Waals surface area contributed by atoms with Gasteiger partial charge in [-0.05, 0) is 37.5 Å². The number of carbonyl (C=O) groups excluding carboxylic acids is 1. The minimum absolute atomic E-state index is 0.0306. The lowest BCUT2D eigenvalue weighted by molar-refractivity contribution is 0.0741. The predicted octanol–water partition coefficient (Wildman–Crippen LogP) is 2.53. The van der Waals surface area contributed by atoms with Crippen LogP contribution in [0.5, 0.6) is 0 Å². The van der Waals surface area contributed by atoms with Gasteiger partial charge in [0.15, 0.2) is 0 Å². The van der Waals surface area contributed by atoms with Crippen LogP contribution in [0.25, 0.3) is 0 Å². The highest BCUT2D eigenvalue weighted by Crippen LogP contribution is 2.12. The summed E-state index contributed by atoms with van der Waals surface area (Å²) >= 11 is 6.69. The lowest BCUT2D eigenvalue weighted by Crippen LogP contribution is -2.35. The number of hydrogen-bond acceptors (Lipinski definition) is 3. The van der Waals surface area contributed by atoms with Gasteiger partial charge in [-0.1, -0.05) is 24.4 Å². The SMILES string of the molecule is CSCCC(C)N(C)C(=O)c1ccc(C(N)=S)cc1. The van der Waals surface area contributed by atoms with E-state index in [1.807, 2.05) is 7.05 Å². The first-order valence-corrected chi connectivity index (χ1v) is 7.93. The molecule has 1 aromatic rings. The number of amides is 1. The number of thioether (sulfide) groups is 1. The molecular weight excluding hydrogens is 276 g/mol. The van der Waals surface area contributed by atoms with E-state index in [0.717, 1.165) is 17.7 Å². The molecule has 0 aliphatic carbocycles. The molecule has 104 valence electrons. The van der Waals surface area contributed by atoms with E-state index < -0.39 is 0 Å². The Bertz CT molecular complexity index is 445. The van der Waals surface area contributed by atoms with Gasteiger partial charge in [-0.25, -0.2) is 0 Å². The van der Waals surface area contributed by atoms with E-state index in [9.17, 15) is 4.79 Å². The lowest BCUT2D eigenvalue weighted by atomic mass is 10.1. The number of rotatable bonds is 6. The first-order chi connectivity index (χ1) is 8.97. The maximum atomic E-state index is 12.3. The molecule has 0 aromatic heterocycles. The second-order valence-electron chi connectivity index (χ2n) is 4.49. The number of benzene rings is 1. The van der Waals surface area contributed by atoms with Gasteiger partial charge in [0.25, 0.3) is 5.91 Å². The maximum Gasteiger partial charge on any atom is 0.253 e. The summed E-state index contributed by atoms with van der Waals surface area (Å²) in [6.45, 7) is 2.07. The second-order valence-corrected chi connectivity index (χ2v) is 5.91. The van der Waals surface area contributed by atoms with Crippen molar-refractivity contribution in [3.63, 3.8) is 0 Å². The largest absolute Gasteiger partial charge is 0.389 e. The molecule has 0 bridgehead atoms. The normalized spacial score (nSPS) is 11.9. The monoisotopic (exact) mass is 296 g/mol. The molecule has 5 heteroatoms. The third-order valence-electron chi connectivity index (χ3n) is 3.14. The molecule has 1 aromatic carbocycles. The molecule has 1 amide bonds. The van der Waals surface area contributed by atoms with Crippen molar-refractivity contribution < 1.29 is 4.79 Å². The maximum absolute atomic E-state index is 12.3. The molecule has 1 unspecified atom stereocenters. The van der Waals surface area contributed by atoms with Crippen molar-refractivity contribution in [2.45, 2.75) is 19.4 Å². The quantitative estimate of drug-likeness (QED) is 0.820. The fourth-order valence-corrected chi connectivity index (χ4v) is 2.38. The number of thiocarbonyl (C=S) groups is 1. The number of carbonyl (C=O) groups is 1. The first kappa shape index (κ1) is 16.0. The molecule has 3 nitrogen and oxygen atoms in total. The van der Waals surface area contributed by atoms with Crippen molar-refractivity contribution in [3.8, 4) is 0 Å². The average molecular weight is 296 g/mol. The van der Waals surface area contributed by atoms with E-state index in [2.05, 4.69) is 13.2 Å². The fourth-order valence-electron chi connectivity index (χ4n) is 1.66. The van der Waals surface area contributed by atoms with Crippen LogP contribution in [0.3, 0.4) is 0 Å². The molecule has 1 rings (SSSR count). The summed E-state index contributed by atoms with van der Waals surface area (Å²) in [5.74, 6) is 1.09. The lowest BCUT2D eigenvalue weighted by Gasteiger charge is -2.25. The van der Waals surface area contributed by atoms with Crippen LogP contribution in [0.4, 0.5) is 0 Å². The average Bonchev–Trinajstić information content (AvgIpc) is 2.43. The van der Waals surface area contributed by atoms with Gasteiger partial charge in [0.1, 0.15) is 4.99 Å². The van der Waals surface area contributed by atoms with Crippen molar-refractivity contribution in [1.82, 2.24) is 4.90 Å². The molecule has 0 fully saturated rings. The van der Waals surface area contributed by atoms with E-state index in [1.54, 1.807) is 40.9 Å². The fraction of sp³-hybridized carbons (Fsp3) is 0.429. The van der Waals surface area contributed by atoms with E-state index in [4.69, 9.17) is 18.0 Å². The number of hydrogen-bond donors (Lipinski definition) is 1. The smallest absolute Gasteiger partial charge is 0.253 e. The van der Waals surface area contributed by atoms with Crippen molar-refractivity contribution in [2.75, 3.05) is 19.1 Å². The zero-order valence-electron chi connectivity index (χ0n) is 11.6. The summed E-state index contributed by atoms with van der Waals surface area (Å²) in [7, 11) is 1.84. The van der Waals surface area contributed by atoms with Gasteiger partial charge < -0.3 is 10.6 Å². The molecule has 0 saturated heterocycles. The summed E-state index contributed by atoms with van der Waals surface area (Å²) in [6.07, 6.45) is 3.07. The molecule has 0 aliphatic heterocycles. The summed E-state index contributed by atoms with van der Waals surface area (Å²) in [4.78, 5) is 14.4. The molecule has 0 saturated carbocycles. The molecule has 0 heterocycles. The Labute approximate surface area is 124 Å². The molecule has 19 heavy (non-hydrogen) atoms. The third-order valence-corrected chi connectivity index (χ3v) is 4.02. The van der Waals surface area contributed by atoms with Gasteiger partial charge >= 0.3 is 0 Å². The van der Waals surface area contributed by atoms with Gasteiger partial charge in [0.05, 0.1) is 0 Å². The van der Waals surface area contributed by atoms with Crippen LogP contribution in [0.1, 0.15) is 29.3 Å². The topological polar surface area (TPSA) is 46.3 Å². The Kier molecular flexibility index (Phi) is 6.31. The molecule has 0 radical (unpaired) electrons. The molecule has 1 atom stereocenters. The highest BCUT2D eigenvalue weighted by Gasteiger charge is 2.17. The molecular formula is C14H20N2OS2. The Hall–Kier alpha value is -1.07. The third kappa shape index (κ3) is 4.51. The Morgan fingerprint density at radius 1 is 1.37 bits per heavy atom. The van der Waals surface area contributed by atoms with Gasteiger partial charge in [-0.15, -0.1) is 0 Å². The molecule has 2 N–H and O–H groups in total. The minimum atomic E-state index is 0.0306. The zero-order chi connectivity index (χ0) is 14.4. The Morgan fingerprint density at radius 2 is 1.89 bits per heavy atom.